The molecule has 0 saturated heterocycles. The van der Waals surface area contributed by atoms with E-state index in [1.54, 1.807) is 23.1 Å². The SMILES string of the molecule is NC(=S)N(/N=C1\C(=O)N(Cc2cccc3ccccc23)c2c(Cl)cccc21)c1ccc(S(N)(=O)=O)cc1. The molecule has 0 fully saturated rings. The minimum atomic E-state index is -3.89. The van der Waals surface area contributed by atoms with Crippen molar-refractivity contribution in [1.29, 1.82) is 0 Å². The number of para-hydroxylation sites is 1. The molecule has 0 radical (unpaired) electrons. The Hall–Kier alpha value is -3.83. The number of nitrogens with two attached hydrogens (primary N) is 2. The van der Waals surface area contributed by atoms with E-state index in [1.165, 1.54) is 29.3 Å². The number of nitrogens with zero attached hydrogens (tertiary/aromatic N) is 3. The molecule has 37 heavy (non-hydrogen) atoms. The first-order chi connectivity index (χ1) is 17.6. The summed E-state index contributed by atoms with van der Waals surface area (Å²) in [6.07, 6.45) is 0. The van der Waals surface area contributed by atoms with Gasteiger partial charge in [-0.15, -0.1) is 0 Å². The molecule has 1 amide bonds. The van der Waals surface area contributed by atoms with Crippen LogP contribution in [0.4, 0.5) is 11.4 Å². The van der Waals surface area contributed by atoms with Crippen molar-refractivity contribution in [3.05, 3.63) is 101 Å². The summed E-state index contributed by atoms with van der Waals surface area (Å²) in [5, 5.41) is 13.2. The summed E-state index contributed by atoms with van der Waals surface area (Å²) in [6.45, 7) is 0.270. The van der Waals surface area contributed by atoms with Gasteiger partial charge in [0.2, 0.25) is 10.0 Å². The maximum atomic E-state index is 13.8. The number of carbonyl (C=O) groups is 1. The van der Waals surface area contributed by atoms with Crippen molar-refractivity contribution in [2.45, 2.75) is 11.4 Å². The Morgan fingerprint density at radius 1 is 0.973 bits per heavy atom. The highest BCUT2D eigenvalue weighted by atomic mass is 35.5. The van der Waals surface area contributed by atoms with Crippen LogP contribution in [0.25, 0.3) is 10.8 Å². The lowest BCUT2D eigenvalue weighted by molar-refractivity contribution is -0.112. The summed E-state index contributed by atoms with van der Waals surface area (Å²) < 4.78 is 23.3. The number of hydrogen-bond donors (Lipinski definition) is 2. The number of hydrogen-bond acceptors (Lipinski definition) is 5. The van der Waals surface area contributed by atoms with E-state index >= 15 is 0 Å². The lowest BCUT2D eigenvalue weighted by Crippen LogP contribution is -2.35. The fraction of sp³-hybridized carbons (Fsp3) is 0.0385. The van der Waals surface area contributed by atoms with Crippen LogP contribution in [0.3, 0.4) is 0 Å². The molecule has 0 spiro atoms. The van der Waals surface area contributed by atoms with E-state index in [0.717, 1.165) is 16.3 Å². The highest BCUT2D eigenvalue weighted by Crippen LogP contribution is 2.38. The third-order valence-corrected chi connectivity index (χ3v) is 7.39. The fourth-order valence-corrected chi connectivity index (χ4v) is 5.22. The van der Waals surface area contributed by atoms with E-state index in [4.69, 9.17) is 34.7 Å². The standard InChI is InChI=1S/C26H20ClN5O3S2/c27-22-10-4-9-21-23(30-32(26(28)36)18-11-13-19(14-12-18)37(29,34)35)25(33)31(24(21)22)15-17-7-3-6-16-5-1-2-8-20(16)17/h1-14H,15H2,(H2,28,36)(H2,29,34,35)/b30-23-. The molecule has 186 valence electrons. The summed E-state index contributed by atoms with van der Waals surface area (Å²) in [6, 6.07) is 24.6. The number of carbonyl (C=O) groups excluding carboxylic acids is 1. The van der Waals surface area contributed by atoms with Gasteiger partial charge in [-0.2, -0.15) is 5.10 Å². The molecular weight excluding hydrogens is 530 g/mol. The Labute approximate surface area is 223 Å². The van der Waals surface area contributed by atoms with Crippen molar-refractivity contribution in [2.75, 3.05) is 9.91 Å². The van der Waals surface area contributed by atoms with Crippen LogP contribution < -0.4 is 20.8 Å². The number of anilines is 2. The molecule has 1 heterocycles. The maximum Gasteiger partial charge on any atom is 0.279 e. The summed E-state index contributed by atoms with van der Waals surface area (Å²) in [7, 11) is -3.89. The Kier molecular flexibility index (Phi) is 6.42. The van der Waals surface area contributed by atoms with Crippen molar-refractivity contribution < 1.29 is 13.2 Å². The third-order valence-electron chi connectivity index (χ3n) is 5.99. The van der Waals surface area contributed by atoms with Gasteiger partial charge >= 0.3 is 0 Å². The van der Waals surface area contributed by atoms with Gasteiger partial charge in [0.15, 0.2) is 10.8 Å². The molecule has 1 aliphatic rings. The predicted octanol–water partition coefficient (Wildman–Crippen LogP) is 4.14. The normalized spacial score (nSPS) is 14.3. The summed E-state index contributed by atoms with van der Waals surface area (Å²) in [5.41, 5.74) is 8.41. The largest absolute Gasteiger partial charge is 0.374 e. The molecule has 8 nitrogen and oxygen atoms in total. The van der Waals surface area contributed by atoms with Crippen LogP contribution >= 0.6 is 23.8 Å². The van der Waals surface area contributed by atoms with Crippen LogP contribution in [0, 0.1) is 0 Å². The average Bonchev–Trinajstić information content (AvgIpc) is 3.13. The number of rotatable bonds is 5. The summed E-state index contributed by atoms with van der Waals surface area (Å²) >= 11 is 11.8. The molecule has 0 bridgehead atoms. The second-order valence-electron chi connectivity index (χ2n) is 8.30. The van der Waals surface area contributed by atoms with Crippen LogP contribution in [0.15, 0.2) is 94.9 Å². The Morgan fingerprint density at radius 3 is 2.35 bits per heavy atom. The monoisotopic (exact) mass is 549 g/mol. The zero-order valence-corrected chi connectivity index (χ0v) is 21.6. The highest BCUT2D eigenvalue weighted by Gasteiger charge is 2.37. The van der Waals surface area contributed by atoms with Crippen molar-refractivity contribution in [3.8, 4) is 0 Å². The maximum absolute atomic E-state index is 13.8. The zero-order valence-electron chi connectivity index (χ0n) is 19.2. The molecule has 0 saturated carbocycles. The van der Waals surface area contributed by atoms with Crippen molar-refractivity contribution in [1.82, 2.24) is 0 Å². The van der Waals surface area contributed by atoms with Crippen molar-refractivity contribution in [2.24, 2.45) is 16.0 Å². The highest BCUT2D eigenvalue weighted by molar-refractivity contribution is 7.89. The molecule has 4 N–H and O–H groups in total. The van der Waals surface area contributed by atoms with Gasteiger partial charge in [-0.05, 0) is 58.9 Å². The van der Waals surface area contributed by atoms with Gasteiger partial charge in [0, 0.05) is 5.56 Å². The van der Waals surface area contributed by atoms with Gasteiger partial charge in [0.1, 0.15) is 0 Å². The molecule has 1 aliphatic heterocycles. The van der Waals surface area contributed by atoms with Gasteiger partial charge in [0.25, 0.3) is 5.91 Å². The average molecular weight is 550 g/mol. The number of thiocarbonyl (C=S) groups is 1. The van der Waals surface area contributed by atoms with Crippen LogP contribution in [0.5, 0.6) is 0 Å². The number of halogens is 1. The van der Waals surface area contributed by atoms with Gasteiger partial charge in [-0.3, -0.25) is 4.79 Å². The molecular formula is C26H20ClN5O3S2. The van der Waals surface area contributed by atoms with E-state index in [-0.39, 0.29) is 28.2 Å². The number of primary sulfonamides is 1. The first-order valence-electron chi connectivity index (χ1n) is 11.0. The Balaban J connectivity index is 1.58. The molecule has 0 atom stereocenters. The smallest absolute Gasteiger partial charge is 0.279 e. The van der Waals surface area contributed by atoms with E-state index in [2.05, 4.69) is 5.10 Å². The predicted molar refractivity (Wildman–Crippen MR) is 150 cm³/mol. The van der Waals surface area contributed by atoms with Gasteiger partial charge in [0.05, 0.1) is 27.8 Å². The van der Waals surface area contributed by atoms with Crippen LogP contribution in [-0.4, -0.2) is 25.1 Å². The minimum Gasteiger partial charge on any atom is -0.374 e. The van der Waals surface area contributed by atoms with Gasteiger partial charge in [-0.1, -0.05) is 66.2 Å². The fourth-order valence-electron chi connectivity index (χ4n) is 4.28. The van der Waals surface area contributed by atoms with Crippen molar-refractivity contribution in [3.63, 3.8) is 0 Å². The molecule has 5 rings (SSSR count). The number of hydrazone groups is 1. The number of amides is 1. The Bertz CT molecular complexity index is 1700. The number of sulfonamides is 1. The number of fused-ring (bicyclic) bond motifs is 2. The van der Waals surface area contributed by atoms with E-state index in [9.17, 15) is 13.2 Å². The van der Waals surface area contributed by atoms with Gasteiger partial charge < -0.3 is 10.6 Å². The molecule has 4 aromatic rings. The van der Waals surface area contributed by atoms with Gasteiger partial charge in [-0.25, -0.2) is 18.6 Å². The topological polar surface area (TPSA) is 122 Å². The lowest BCUT2D eigenvalue weighted by atomic mass is 10.0. The first-order valence-corrected chi connectivity index (χ1v) is 13.4. The third kappa shape index (κ3) is 4.67. The lowest BCUT2D eigenvalue weighted by Gasteiger charge is -2.20. The quantitative estimate of drug-likeness (QED) is 0.285. The van der Waals surface area contributed by atoms with Crippen LogP contribution in [0.2, 0.25) is 5.02 Å². The minimum absolute atomic E-state index is 0.0814. The van der Waals surface area contributed by atoms with E-state index in [1.807, 2.05) is 42.5 Å². The molecule has 11 heteroatoms. The van der Waals surface area contributed by atoms with E-state index < -0.39 is 10.0 Å². The molecule has 4 aromatic carbocycles. The Morgan fingerprint density at radius 2 is 1.65 bits per heavy atom. The second kappa shape index (κ2) is 9.56. The van der Waals surface area contributed by atoms with Crippen molar-refractivity contribution >= 4 is 72.7 Å². The van der Waals surface area contributed by atoms with Crippen LogP contribution in [-0.2, 0) is 21.4 Å². The molecule has 0 aliphatic carbocycles. The summed E-state index contributed by atoms with van der Waals surface area (Å²) in [5.74, 6) is -0.376. The molecule has 0 aromatic heterocycles. The zero-order chi connectivity index (χ0) is 26.3. The number of benzene rings is 4. The molecule has 0 unspecified atom stereocenters. The second-order valence-corrected chi connectivity index (χ2v) is 10.7. The summed E-state index contributed by atoms with van der Waals surface area (Å²) in [4.78, 5) is 15.3. The van der Waals surface area contributed by atoms with E-state index in [0.29, 0.717) is 22.0 Å². The van der Waals surface area contributed by atoms with Crippen LogP contribution in [0.1, 0.15) is 11.1 Å². The first kappa shape index (κ1) is 24.8.